The van der Waals surface area contributed by atoms with Crippen molar-refractivity contribution < 1.29 is 19.7 Å². The molecule has 32 heavy (non-hydrogen) atoms. The Morgan fingerprint density at radius 3 is 2.50 bits per heavy atom. The topological polar surface area (TPSA) is 126 Å². The summed E-state index contributed by atoms with van der Waals surface area (Å²) in [5.41, 5.74) is 1.57. The van der Waals surface area contributed by atoms with Crippen molar-refractivity contribution in [3.8, 4) is 28.6 Å². The maximum Gasteiger partial charge on any atom is 0.289 e. The number of hydrogen-bond acceptors (Lipinski definition) is 8. The summed E-state index contributed by atoms with van der Waals surface area (Å²) in [6.45, 7) is 6.69. The lowest BCUT2D eigenvalue weighted by Gasteiger charge is -2.27. The highest BCUT2D eigenvalue weighted by Crippen LogP contribution is 2.38. The average molecular weight is 438 g/mol. The molecule has 0 unspecified atom stereocenters. The molecule has 10 nitrogen and oxygen atoms in total. The third kappa shape index (κ3) is 3.96. The van der Waals surface area contributed by atoms with E-state index in [1.54, 1.807) is 16.8 Å². The van der Waals surface area contributed by atoms with Gasteiger partial charge in [-0.25, -0.2) is 4.98 Å². The summed E-state index contributed by atoms with van der Waals surface area (Å²) in [4.78, 5) is 19.2. The fourth-order valence-electron chi connectivity index (χ4n) is 3.69. The van der Waals surface area contributed by atoms with Crippen molar-refractivity contribution in [3.63, 3.8) is 0 Å². The molecular weight excluding hydrogens is 412 g/mol. The fraction of sp³-hybridized carbons (Fsp3) is 0.364. The number of carbonyl (C=O) groups is 1. The number of ether oxygens (including phenoxy) is 1. The standard InChI is InChI=1S/C22H26N6O4/c1-13(2)15-10-16(18(30)11-17(15)29)20-25-26-21(22(31)23-3)28(20)14-4-5-19(24-12-14)27-6-8-32-9-7-27/h4-5,10-13,29-30H,6-9H2,1-3H3,(H,23,31). The van der Waals surface area contributed by atoms with Gasteiger partial charge in [-0.2, -0.15) is 0 Å². The monoisotopic (exact) mass is 438 g/mol. The maximum absolute atomic E-state index is 12.5. The largest absolute Gasteiger partial charge is 0.508 e. The van der Waals surface area contributed by atoms with Gasteiger partial charge < -0.3 is 25.2 Å². The van der Waals surface area contributed by atoms with E-state index in [9.17, 15) is 15.0 Å². The molecule has 1 aromatic carbocycles. The highest BCUT2D eigenvalue weighted by Gasteiger charge is 2.24. The number of aromatic hydroxyl groups is 2. The number of aromatic nitrogens is 4. The zero-order valence-electron chi connectivity index (χ0n) is 18.2. The van der Waals surface area contributed by atoms with Crippen molar-refractivity contribution in [2.45, 2.75) is 19.8 Å². The van der Waals surface area contributed by atoms with Crippen LogP contribution in [0.4, 0.5) is 5.82 Å². The molecular formula is C22H26N6O4. The van der Waals surface area contributed by atoms with E-state index in [2.05, 4.69) is 25.4 Å². The first-order valence-corrected chi connectivity index (χ1v) is 10.4. The number of phenols is 2. The van der Waals surface area contributed by atoms with Gasteiger partial charge in [-0.05, 0) is 29.7 Å². The summed E-state index contributed by atoms with van der Waals surface area (Å²) >= 11 is 0. The number of phenolic OH excluding ortho intramolecular Hbond substituents is 2. The predicted octanol–water partition coefficient (Wildman–Crippen LogP) is 2.06. The molecule has 0 bridgehead atoms. The van der Waals surface area contributed by atoms with Gasteiger partial charge in [0.15, 0.2) is 5.82 Å². The van der Waals surface area contributed by atoms with Gasteiger partial charge in [0.25, 0.3) is 5.91 Å². The highest BCUT2D eigenvalue weighted by atomic mass is 16.5. The Morgan fingerprint density at radius 2 is 1.88 bits per heavy atom. The number of anilines is 1. The van der Waals surface area contributed by atoms with E-state index in [0.717, 1.165) is 18.9 Å². The van der Waals surface area contributed by atoms with E-state index in [-0.39, 0.29) is 29.1 Å². The number of nitrogens with one attached hydrogen (secondary N) is 1. The number of morpholine rings is 1. The lowest BCUT2D eigenvalue weighted by Crippen LogP contribution is -2.36. The normalized spacial score (nSPS) is 14.1. The first-order valence-electron chi connectivity index (χ1n) is 10.4. The molecule has 0 saturated carbocycles. The summed E-state index contributed by atoms with van der Waals surface area (Å²) in [6.07, 6.45) is 1.64. The molecule has 4 rings (SSSR count). The Kier molecular flexibility index (Phi) is 5.95. The number of carbonyl (C=O) groups excluding carboxylic acids is 1. The molecule has 0 atom stereocenters. The first-order chi connectivity index (χ1) is 15.4. The third-order valence-electron chi connectivity index (χ3n) is 5.43. The average Bonchev–Trinajstić information content (AvgIpc) is 3.24. The van der Waals surface area contributed by atoms with Crippen molar-refractivity contribution >= 4 is 11.7 Å². The summed E-state index contributed by atoms with van der Waals surface area (Å²) in [5.74, 6) is 0.549. The van der Waals surface area contributed by atoms with Crippen molar-refractivity contribution in [1.82, 2.24) is 25.1 Å². The van der Waals surface area contributed by atoms with E-state index >= 15 is 0 Å². The molecule has 10 heteroatoms. The lowest BCUT2D eigenvalue weighted by atomic mass is 9.98. The second-order valence-corrected chi connectivity index (χ2v) is 7.82. The SMILES string of the molecule is CNC(=O)c1nnc(-c2cc(C(C)C)c(O)cc2O)n1-c1ccc(N2CCOCC2)nc1. The molecule has 0 spiro atoms. The van der Waals surface area contributed by atoms with E-state index in [1.165, 1.54) is 13.1 Å². The molecule has 2 aromatic heterocycles. The summed E-state index contributed by atoms with van der Waals surface area (Å²) in [6, 6.07) is 6.65. The molecule has 0 aliphatic carbocycles. The van der Waals surface area contributed by atoms with Gasteiger partial charge in [0.2, 0.25) is 5.82 Å². The Bertz CT molecular complexity index is 1120. The Labute approximate surface area is 185 Å². The fourth-order valence-corrected chi connectivity index (χ4v) is 3.69. The third-order valence-corrected chi connectivity index (χ3v) is 5.43. The number of benzene rings is 1. The van der Waals surface area contributed by atoms with E-state index in [4.69, 9.17) is 4.74 Å². The molecule has 1 fully saturated rings. The van der Waals surface area contributed by atoms with Gasteiger partial charge in [0.05, 0.1) is 30.7 Å². The predicted molar refractivity (Wildman–Crippen MR) is 118 cm³/mol. The van der Waals surface area contributed by atoms with Crippen LogP contribution in [0.5, 0.6) is 11.5 Å². The van der Waals surface area contributed by atoms with Gasteiger partial charge in [-0.1, -0.05) is 13.8 Å². The minimum atomic E-state index is -0.427. The van der Waals surface area contributed by atoms with Crippen molar-refractivity contribution in [2.75, 3.05) is 38.3 Å². The van der Waals surface area contributed by atoms with Crippen molar-refractivity contribution in [2.24, 2.45) is 0 Å². The summed E-state index contributed by atoms with van der Waals surface area (Å²) < 4.78 is 6.94. The number of nitrogens with zero attached hydrogens (tertiary/aromatic N) is 5. The van der Waals surface area contributed by atoms with Crippen LogP contribution in [0.15, 0.2) is 30.5 Å². The second kappa shape index (κ2) is 8.83. The molecule has 1 aliphatic rings. The van der Waals surface area contributed by atoms with Crippen LogP contribution in [0.1, 0.15) is 35.9 Å². The zero-order chi connectivity index (χ0) is 22.8. The number of hydrogen-bond donors (Lipinski definition) is 3. The zero-order valence-corrected chi connectivity index (χ0v) is 18.2. The van der Waals surface area contributed by atoms with Crippen LogP contribution in [0.25, 0.3) is 17.1 Å². The second-order valence-electron chi connectivity index (χ2n) is 7.82. The number of pyridine rings is 1. The highest BCUT2D eigenvalue weighted by molar-refractivity contribution is 5.92. The quantitative estimate of drug-likeness (QED) is 0.553. The van der Waals surface area contributed by atoms with Gasteiger partial charge in [-0.15, -0.1) is 10.2 Å². The van der Waals surface area contributed by atoms with E-state index < -0.39 is 5.91 Å². The Morgan fingerprint density at radius 1 is 1.12 bits per heavy atom. The number of amides is 1. The van der Waals surface area contributed by atoms with Gasteiger partial charge in [0, 0.05) is 26.2 Å². The molecule has 3 heterocycles. The minimum absolute atomic E-state index is 0.00429. The number of rotatable bonds is 5. The minimum Gasteiger partial charge on any atom is -0.508 e. The van der Waals surface area contributed by atoms with Crippen molar-refractivity contribution in [1.29, 1.82) is 0 Å². The van der Waals surface area contributed by atoms with Crippen LogP contribution in [0.3, 0.4) is 0 Å². The maximum atomic E-state index is 12.5. The van der Waals surface area contributed by atoms with Crippen LogP contribution in [-0.2, 0) is 4.74 Å². The van der Waals surface area contributed by atoms with Crippen LogP contribution >= 0.6 is 0 Å². The Balaban J connectivity index is 1.83. The lowest BCUT2D eigenvalue weighted by molar-refractivity contribution is 0.0950. The molecule has 1 amide bonds. The smallest absolute Gasteiger partial charge is 0.289 e. The molecule has 3 aromatic rings. The van der Waals surface area contributed by atoms with Crippen molar-refractivity contribution in [3.05, 3.63) is 41.9 Å². The van der Waals surface area contributed by atoms with Gasteiger partial charge in [-0.3, -0.25) is 9.36 Å². The molecule has 1 saturated heterocycles. The van der Waals surface area contributed by atoms with Gasteiger partial charge >= 0.3 is 0 Å². The van der Waals surface area contributed by atoms with E-state index in [0.29, 0.717) is 30.0 Å². The van der Waals surface area contributed by atoms with Crippen LogP contribution in [-0.4, -0.2) is 69.2 Å². The Hall–Kier alpha value is -3.66. The van der Waals surface area contributed by atoms with Crippen LogP contribution in [0.2, 0.25) is 0 Å². The summed E-state index contributed by atoms with van der Waals surface area (Å²) in [7, 11) is 1.51. The molecule has 3 N–H and O–H groups in total. The molecule has 0 radical (unpaired) electrons. The first kappa shape index (κ1) is 21.6. The van der Waals surface area contributed by atoms with Crippen LogP contribution in [0, 0.1) is 0 Å². The molecule has 1 aliphatic heterocycles. The van der Waals surface area contributed by atoms with Gasteiger partial charge in [0.1, 0.15) is 17.3 Å². The van der Waals surface area contributed by atoms with E-state index in [1.807, 2.05) is 26.0 Å². The summed E-state index contributed by atoms with van der Waals surface area (Å²) in [5, 5.41) is 31.6. The van der Waals surface area contributed by atoms with Crippen LogP contribution < -0.4 is 10.2 Å². The molecule has 168 valence electrons.